The maximum atomic E-state index is 11.0. The number of fused-ring (bicyclic) bond motifs is 1. The summed E-state index contributed by atoms with van der Waals surface area (Å²) in [5.41, 5.74) is 1.73. The Bertz CT molecular complexity index is 752. The molecule has 6 heteroatoms. The van der Waals surface area contributed by atoms with Crippen LogP contribution < -0.4 is 5.32 Å². The number of H-pyrrole nitrogens is 1. The van der Waals surface area contributed by atoms with Crippen molar-refractivity contribution in [3.05, 3.63) is 54.0 Å². The van der Waals surface area contributed by atoms with Crippen LogP contribution in [0.1, 0.15) is 16.1 Å². The third-order valence-electron chi connectivity index (χ3n) is 2.96. The van der Waals surface area contributed by atoms with E-state index >= 15 is 0 Å². The number of nitrogens with one attached hydrogen (secondary N) is 2. The molecule has 0 fully saturated rings. The van der Waals surface area contributed by atoms with Crippen molar-refractivity contribution >= 4 is 22.8 Å². The van der Waals surface area contributed by atoms with Gasteiger partial charge in [0.1, 0.15) is 23.5 Å². The third-order valence-corrected chi connectivity index (χ3v) is 2.96. The Balaban J connectivity index is 1.89. The molecule has 20 heavy (non-hydrogen) atoms. The van der Waals surface area contributed by atoms with Gasteiger partial charge in [-0.2, -0.15) is 0 Å². The van der Waals surface area contributed by atoms with Gasteiger partial charge in [-0.1, -0.05) is 30.3 Å². The lowest BCUT2D eigenvalue weighted by Crippen LogP contribution is -2.01. The van der Waals surface area contributed by atoms with Gasteiger partial charge in [-0.25, -0.2) is 14.8 Å². The van der Waals surface area contributed by atoms with E-state index in [4.69, 9.17) is 5.11 Å². The molecule has 0 atom stereocenters. The summed E-state index contributed by atoms with van der Waals surface area (Å²) < 4.78 is 0. The quantitative estimate of drug-likeness (QED) is 0.675. The third kappa shape index (κ3) is 2.31. The van der Waals surface area contributed by atoms with E-state index in [2.05, 4.69) is 20.3 Å². The molecule has 100 valence electrons. The van der Waals surface area contributed by atoms with Gasteiger partial charge in [-0.15, -0.1) is 0 Å². The Morgan fingerprint density at radius 1 is 1.25 bits per heavy atom. The average Bonchev–Trinajstić information content (AvgIpc) is 2.91. The fourth-order valence-corrected chi connectivity index (χ4v) is 1.98. The van der Waals surface area contributed by atoms with Crippen molar-refractivity contribution < 1.29 is 9.90 Å². The van der Waals surface area contributed by atoms with Crippen molar-refractivity contribution in [2.45, 2.75) is 6.54 Å². The van der Waals surface area contributed by atoms with E-state index in [1.807, 2.05) is 30.3 Å². The van der Waals surface area contributed by atoms with Crippen molar-refractivity contribution in [3.8, 4) is 0 Å². The number of hydrogen-bond acceptors (Lipinski definition) is 4. The highest BCUT2D eigenvalue weighted by Crippen LogP contribution is 2.20. The first-order valence-corrected chi connectivity index (χ1v) is 6.09. The number of anilines is 1. The number of hydrogen-bond donors (Lipinski definition) is 3. The van der Waals surface area contributed by atoms with Gasteiger partial charge in [0.15, 0.2) is 0 Å². The molecule has 0 unspecified atom stereocenters. The maximum absolute atomic E-state index is 11.0. The average molecular weight is 268 g/mol. The molecule has 0 spiro atoms. The first-order valence-electron chi connectivity index (χ1n) is 6.09. The molecule has 3 rings (SSSR count). The summed E-state index contributed by atoms with van der Waals surface area (Å²) in [5.74, 6) is -0.403. The zero-order valence-electron chi connectivity index (χ0n) is 10.5. The minimum absolute atomic E-state index is 0.100. The largest absolute Gasteiger partial charge is 0.477 e. The predicted octanol–water partition coefficient (Wildman–Crippen LogP) is 2.27. The smallest absolute Gasteiger partial charge is 0.352 e. The number of rotatable bonds is 4. The Hall–Kier alpha value is -2.89. The van der Waals surface area contributed by atoms with Crippen molar-refractivity contribution in [1.29, 1.82) is 0 Å². The molecule has 0 aliphatic carbocycles. The van der Waals surface area contributed by atoms with E-state index < -0.39 is 5.97 Å². The summed E-state index contributed by atoms with van der Waals surface area (Å²) in [7, 11) is 0. The highest BCUT2D eigenvalue weighted by atomic mass is 16.4. The van der Waals surface area contributed by atoms with Crippen LogP contribution in [0.2, 0.25) is 0 Å². The minimum atomic E-state index is -1.02. The van der Waals surface area contributed by atoms with Crippen LogP contribution in [0.15, 0.2) is 42.7 Å². The van der Waals surface area contributed by atoms with E-state index in [-0.39, 0.29) is 5.69 Å². The Labute approximate surface area is 114 Å². The Kier molecular flexibility index (Phi) is 3.04. The highest BCUT2D eigenvalue weighted by molar-refractivity contribution is 5.96. The highest BCUT2D eigenvalue weighted by Gasteiger charge is 2.11. The topological polar surface area (TPSA) is 90.9 Å². The molecular formula is C14H12N4O2. The summed E-state index contributed by atoms with van der Waals surface area (Å²) >= 11 is 0. The molecule has 0 aliphatic rings. The standard InChI is InChI=1S/C14H12N4O2/c19-14(20)11-6-10-12(16-8-17-13(10)18-11)15-7-9-4-2-1-3-5-9/h1-6,8H,7H2,(H,19,20)(H2,15,16,17,18). The van der Waals surface area contributed by atoms with Crippen molar-refractivity contribution in [2.75, 3.05) is 5.32 Å². The van der Waals surface area contributed by atoms with Gasteiger partial charge < -0.3 is 15.4 Å². The van der Waals surface area contributed by atoms with Gasteiger partial charge in [0.05, 0.1) is 5.39 Å². The predicted molar refractivity (Wildman–Crippen MR) is 74.6 cm³/mol. The van der Waals surface area contributed by atoms with E-state index in [1.165, 1.54) is 12.4 Å². The Morgan fingerprint density at radius 2 is 2.05 bits per heavy atom. The van der Waals surface area contributed by atoms with Crippen molar-refractivity contribution in [3.63, 3.8) is 0 Å². The zero-order valence-corrected chi connectivity index (χ0v) is 10.5. The number of aromatic amines is 1. The lowest BCUT2D eigenvalue weighted by atomic mass is 10.2. The Morgan fingerprint density at radius 3 is 2.80 bits per heavy atom. The lowest BCUT2D eigenvalue weighted by molar-refractivity contribution is 0.0691. The van der Waals surface area contributed by atoms with Crippen LogP contribution in [-0.4, -0.2) is 26.0 Å². The van der Waals surface area contributed by atoms with Gasteiger partial charge in [0.2, 0.25) is 0 Å². The molecule has 3 aromatic rings. The molecule has 0 saturated carbocycles. The number of aromatic nitrogens is 3. The van der Waals surface area contributed by atoms with Gasteiger partial charge >= 0.3 is 5.97 Å². The fraction of sp³-hybridized carbons (Fsp3) is 0.0714. The zero-order chi connectivity index (χ0) is 13.9. The molecule has 0 saturated heterocycles. The number of carbonyl (C=O) groups is 1. The monoisotopic (exact) mass is 268 g/mol. The van der Waals surface area contributed by atoms with Crippen LogP contribution in [0, 0.1) is 0 Å². The summed E-state index contributed by atoms with van der Waals surface area (Å²) in [6.45, 7) is 0.612. The second kappa shape index (κ2) is 5.00. The van der Waals surface area contributed by atoms with Crippen LogP contribution in [-0.2, 0) is 6.54 Å². The van der Waals surface area contributed by atoms with Crippen LogP contribution in [0.5, 0.6) is 0 Å². The van der Waals surface area contributed by atoms with Crippen LogP contribution >= 0.6 is 0 Å². The maximum Gasteiger partial charge on any atom is 0.352 e. The summed E-state index contributed by atoms with van der Waals surface area (Å²) in [6, 6.07) is 11.4. The van der Waals surface area contributed by atoms with E-state index in [0.29, 0.717) is 23.4 Å². The summed E-state index contributed by atoms with van der Waals surface area (Å²) in [4.78, 5) is 21.9. The molecule has 0 radical (unpaired) electrons. The first-order chi connectivity index (χ1) is 9.74. The van der Waals surface area contributed by atoms with Crippen LogP contribution in [0.25, 0.3) is 11.0 Å². The van der Waals surface area contributed by atoms with Gasteiger partial charge in [-0.05, 0) is 11.6 Å². The van der Waals surface area contributed by atoms with Crippen molar-refractivity contribution in [1.82, 2.24) is 15.0 Å². The van der Waals surface area contributed by atoms with Crippen LogP contribution in [0.4, 0.5) is 5.82 Å². The molecule has 6 nitrogen and oxygen atoms in total. The molecule has 2 aromatic heterocycles. The molecule has 0 aliphatic heterocycles. The number of carboxylic acid groups (broad SMARTS) is 1. The van der Waals surface area contributed by atoms with Gasteiger partial charge in [0.25, 0.3) is 0 Å². The van der Waals surface area contributed by atoms with E-state index in [1.54, 1.807) is 0 Å². The summed E-state index contributed by atoms with van der Waals surface area (Å²) in [6.07, 6.45) is 1.40. The minimum Gasteiger partial charge on any atom is -0.477 e. The molecular weight excluding hydrogens is 256 g/mol. The first kappa shape index (κ1) is 12.2. The molecule has 3 N–H and O–H groups in total. The van der Waals surface area contributed by atoms with Crippen LogP contribution in [0.3, 0.4) is 0 Å². The SMILES string of the molecule is O=C(O)c1cc2c(NCc3ccccc3)ncnc2[nH]1. The fourth-order valence-electron chi connectivity index (χ4n) is 1.98. The number of benzene rings is 1. The number of aromatic carboxylic acids is 1. The normalized spacial score (nSPS) is 10.6. The molecule has 2 heterocycles. The van der Waals surface area contributed by atoms with E-state index in [0.717, 1.165) is 5.56 Å². The van der Waals surface area contributed by atoms with Gasteiger partial charge in [-0.3, -0.25) is 0 Å². The van der Waals surface area contributed by atoms with Crippen molar-refractivity contribution in [2.24, 2.45) is 0 Å². The van der Waals surface area contributed by atoms with Gasteiger partial charge in [0, 0.05) is 6.54 Å². The second-order valence-electron chi connectivity index (χ2n) is 4.31. The van der Waals surface area contributed by atoms with E-state index in [9.17, 15) is 4.79 Å². The molecule has 0 bridgehead atoms. The molecule has 1 aromatic carbocycles. The number of nitrogens with zero attached hydrogens (tertiary/aromatic N) is 2. The number of carboxylic acids is 1. The second-order valence-corrected chi connectivity index (χ2v) is 4.31. The summed E-state index contributed by atoms with van der Waals surface area (Å²) in [5, 5.41) is 12.8. The lowest BCUT2D eigenvalue weighted by Gasteiger charge is -2.06. The molecule has 0 amide bonds.